The monoisotopic (exact) mass is 718 g/mol. The molecule has 0 saturated heterocycles. The maximum absolute atomic E-state index is 5.11. The zero-order valence-electron chi connectivity index (χ0n) is 31.7. The number of aromatic nitrogens is 2. The topological polar surface area (TPSA) is 25.8 Å². The summed E-state index contributed by atoms with van der Waals surface area (Å²) in [7, 11) is 0. The van der Waals surface area contributed by atoms with Crippen LogP contribution in [-0.4, -0.2) is 9.97 Å². The summed E-state index contributed by atoms with van der Waals surface area (Å²) in [6, 6.07) is 67.4. The van der Waals surface area contributed by atoms with Gasteiger partial charge >= 0.3 is 0 Å². The van der Waals surface area contributed by atoms with E-state index in [1.807, 2.05) is 12.1 Å². The Morgan fingerprint density at radius 1 is 0.429 bits per heavy atom. The van der Waals surface area contributed by atoms with E-state index >= 15 is 0 Å². The third-order valence-electron chi connectivity index (χ3n) is 11.2. The Kier molecular flexibility index (Phi) is 9.39. The molecule has 268 valence electrons. The van der Waals surface area contributed by atoms with Crippen LogP contribution in [0.1, 0.15) is 30.5 Å². The molecule has 1 heterocycles. The van der Waals surface area contributed by atoms with Gasteiger partial charge in [0, 0.05) is 16.7 Å². The van der Waals surface area contributed by atoms with Crippen LogP contribution < -0.4 is 0 Å². The highest BCUT2D eigenvalue weighted by Crippen LogP contribution is 2.57. The molecule has 7 aromatic carbocycles. The number of hydrogen-bond donors (Lipinski definition) is 0. The number of rotatable bonds is 9. The summed E-state index contributed by atoms with van der Waals surface area (Å²) in [5, 5.41) is 0. The van der Waals surface area contributed by atoms with Gasteiger partial charge in [0.1, 0.15) is 0 Å². The lowest BCUT2D eigenvalue weighted by Gasteiger charge is -2.37. The molecule has 1 aliphatic rings. The van der Waals surface area contributed by atoms with Crippen molar-refractivity contribution in [1.29, 1.82) is 0 Å². The molecule has 2 atom stereocenters. The first-order chi connectivity index (χ1) is 27.6. The lowest BCUT2D eigenvalue weighted by molar-refractivity contribution is 0.492. The van der Waals surface area contributed by atoms with E-state index in [9.17, 15) is 0 Å². The third-order valence-corrected chi connectivity index (χ3v) is 11.2. The van der Waals surface area contributed by atoms with Crippen molar-refractivity contribution in [3.05, 3.63) is 229 Å². The first-order valence-electron chi connectivity index (χ1n) is 19.4. The quantitative estimate of drug-likeness (QED) is 0.139. The second-order valence-corrected chi connectivity index (χ2v) is 14.5. The van der Waals surface area contributed by atoms with Gasteiger partial charge in [0.25, 0.3) is 0 Å². The van der Waals surface area contributed by atoms with Crippen LogP contribution in [0.2, 0.25) is 0 Å². The molecule has 1 aromatic heterocycles. The van der Waals surface area contributed by atoms with E-state index in [-0.39, 0.29) is 11.3 Å². The maximum atomic E-state index is 5.11. The Labute approximate surface area is 330 Å². The van der Waals surface area contributed by atoms with Crippen molar-refractivity contribution in [1.82, 2.24) is 9.97 Å². The standard InChI is InChI=1S/C54H42N2/c1-3-4-8-19-38(2)54(46-28-13-7-14-29-46)49-31-16-15-30-47(49)48-33-32-44(36-50(48)54)42-25-17-24-41(34-42)43-26-18-27-45(35-43)53-55-51(39-20-9-5-10-21-39)37-52(56-53)40-22-11-6-12-23-40/h3-38H,1-2H3/b4-3-,19-8-. The molecule has 2 nitrogen and oxygen atoms in total. The van der Waals surface area contributed by atoms with Crippen molar-refractivity contribution in [3.63, 3.8) is 0 Å². The number of allylic oxidation sites excluding steroid dienone is 4. The summed E-state index contributed by atoms with van der Waals surface area (Å²) < 4.78 is 0. The zero-order valence-corrected chi connectivity index (χ0v) is 31.7. The lowest BCUT2D eigenvalue weighted by atomic mass is 9.64. The second kappa shape index (κ2) is 15.1. The summed E-state index contributed by atoms with van der Waals surface area (Å²) in [5.41, 5.74) is 15.8. The molecule has 0 bridgehead atoms. The molecular formula is C54H42N2. The van der Waals surface area contributed by atoms with Gasteiger partial charge in [-0.3, -0.25) is 0 Å². The summed E-state index contributed by atoms with van der Waals surface area (Å²) in [6.45, 7) is 4.43. The Bertz CT molecular complexity index is 2650. The first-order valence-corrected chi connectivity index (χ1v) is 19.4. The molecule has 0 amide bonds. The molecule has 0 radical (unpaired) electrons. The molecular weight excluding hydrogens is 677 g/mol. The fourth-order valence-electron chi connectivity index (χ4n) is 8.55. The fourth-order valence-corrected chi connectivity index (χ4v) is 8.55. The number of hydrogen-bond acceptors (Lipinski definition) is 2. The molecule has 56 heavy (non-hydrogen) atoms. The fraction of sp³-hybridized carbons (Fsp3) is 0.0741. The number of fused-ring (bicyclic) bond motifs is 3. The van der Waals surface area contributed by atoms with Crippen LogP contribution in [0.25, 0.3) is 67.3 Å². The number of benzene rings is 7. The van der Waals surface area contributed by atoms with E-state index in [1.165, 1.54) is 38.9 Å². The van der Waals surface area contributed by atoms with E-state index in [2.05, 4.69) is 214 Å². The minimum absolute atomic E-state index is 0.192. The predicted octanol–water partition coefficient (Wildman–Crippen LogP) is 13.9. The normalized spacial score (nSPS) is 15.2. The summed E-state index contributed by atoms with van der Waals surface area (Å²) in [6.07, 6.45) is 8.78. The largest absolute Gasteiger partial charge is 0.228 e. The highest BCUT2D eigenvalue weighted by atomic mass is 14.9. The number of nitrogens with zero attached hydrogens (tertiary/aromatic N) is 2. The van der Waals surface area contributed by atoms with Crippen molar-refractivity contribution < 1.29 is 0 Å². The van der Waals surface area contributed by atoms with Gasteiger partial charge in [-0.2, -0.15) is 0 Å². The van der Waals surface area contributed by atoms with Crippen molar-refractivity contribution in [3.8, 4) is 67.3 Å². The Hall–Kier alpha value is -6.90. The summed E-state index contributed by atoms with van der Waals surface area (Å²) in [4.78, 5) is 10.2. The van der Waals surface area contributed by atoms with Crippen molar-refractivity contribution >= 4 is 0 Å². The summed E-state index contributed by atoms with van der Waals surface area (Å²) >= 11 is 0. The van der Waals surface area contributed by atoms with Gasteiger partial charge in [0.2, 0.25) is 0 Å². The van der Waals surface area contributed by atoms with E-state index in [1.54, 1.807) is 0 Å². The maximum Gasteiger partial charge on any atom is 0.160 e. The molecule has 2 unspecified atom stereocenters. The average molecular weight is 719 g/mol. The molecule has 0 N–H and O–H groups in total. The Morgan fingerprint density at radius 3 is 1.55 bits per heavy atom. The Balaban J connectivity index is 1.14. The predicted molar refractivity (Wildman–Crippen MR) is 234 cm³/mol. The highest BCUT2D eigenvalue weighted by Gasteiger charge is 2.47. The second-order valence-electron chi connectivity index (χ2n) is 14.5. The highest BCUT2D eigenvalue weighted by molar-refractivity contribution is 5.87. The van der Waals surface area contributed by atoms with Crippen LogP contribution in [0.4, 0.5) is 0 Å². The van der Waals surface area contributed by atoms with Gasteiger partial charge in [0.05, 0.1) is 16.8 Å². The molecule has 9 rings (SSSR count). The van der Waals surface area contributed by atoms with E-state index in [4.69, 9.17) is 9.97 Å². The minimum Gasteiger partial charge on any atom is -0.228 e. The van der Waals surface area contributed by atoms with Crippen LogP contribution in [-0.2, 0) is 5.41 Å². The van der Waals surface area contributed by atoms with Crippen molar-refractivity contribution in [2.75, 3.05) is 0 Å². The zero-order chi connectivity index (χ0) is 37.9. The van der Waals surface area contributed by atoms with Gasteiger partial charge < -0.3 is 0 Å². The van der Waals surface area contributed by atoms with Crippen LogP contribution in [0.3, 0.4) is 0 Å². The molecule has 2 heteroatoms. The van der Waals surface area contributed by atoms with E-state index < -0.39 is 0 Å². The van der Waals surface area contributed by atoms with Crippen molar-refractivity contribution in [2.24, 2.45) is 5.92 Å². The molecule has 8 aromatic rings. The third kappa shape index (κ3) is 6.29. The summed E-state index contributed by atoms with van der Waals surface area (Å²) in [5.74, 6) is 0.897. The minimum atomic E-state index is -0.347. The molecule has 0 aliphatic heterocycles. The van der Waals surface area contributed by atoms with Crippen molar-refractivity contribution in [2.45, 2.75) is 19.3 Å². The van der Waals surface area contributed by atoms with Gasteiger partial charge in [-0.05, 0) is 87.2 Å². The average Bonchev–Trinajstić information content (AvgIpc) is 3.58. The van der Waals surface area contributed by atoms with Gasteiger partial charge in [-0.1, -0.05) is 195 Å². The lowest BCUT2D eigenvalue weighted by Crippen LogP contribution is -2.33. The first kappa shape index (κ1) is 34.8. The van der Waals surface area contributed by atoms with Gasteiger partial charge in [-0.25, -0.2) is 9.97 Å². The molecule has 1 aliphatic carbocycles. The van der Waals surface area contributed by atoms with Crippen LogP contribution in [0.5, 0.6) is 0 Å². The van der Waals surface area contributed by atoms with E-state index in [0.717, 1.165) is 39.2 Å². The molecule has 0 saturated carbocycles. The SMILES string of the molecule is C/C=C\C=C/C(C)C1(c2ccccc2)c2ccccc2-c2ccc(-c3cccc(-c4cccc(-c5nc(-c6ccccc6)cc(-c6ccccc6)n5)c4)c3)cc21. The van der Waals surface area contributed by atoms with Crippen LogP contribution >= 0.6 is 0 Å². The molecule has 0 fully saturated rings. The molecule has 0 spiro atoms. The van der Waals surface area contributed by atoms with Gasteiger partial charge in [0.15, 0.2) is 5.82 Å². The van der Waals surface area contributed by atoms with E-state index in [0.29, 0.717) is 5.82 Å². The Morgan fingerprint density at radius 2 is 0.929 bits per heavy atom. The smallest absolute Gasteiger partial charge is 0.160 e. The van der Waals surface area contributed by atoms with Crippen LogP contribution in [0, 0.1) is 5.92 Å². The van der Waals surface area contributed by atoms with Crippen LogP contribution in [0.15, 0.2) is 212 Å². The van der Waals surface area contributed by atoms with Gasteiger partial charge in [-0.15, -0.1) is 0 Å².